The van der Waals surface area contributed by atoms with Gasteiger partial charge in [0.25, 0.3) is 0 Å². The van der Waals surface area contributed by atoms with E-state index in [9.17, 15) is 4.79 Å². The SMILES string of the molecule is Cc1ccccc1[C@@H]1C[C@@H]1C(=O)O. The van der Waals surface area contributed by atoms with Crippen molar-refractivity contribution in [2.75, 3.05) is 0 Å². The molecule has 1 saturated carbocycles. The Balaban J connectivity index is 2.21. The lowest BCUT2D eigenvalue weighted by Crippen LogP contribution is -1.99. The number of hydrogen-bond donors (Lipinski definition) is 1. The molecule has 0 heterocycles. The van der Waals surface area contributed by atoms with Crippen LogP contribution in [0.25, 0.3) is 0 Å². The molecule has 1 aromatic rings. The van der Waals surface area contributed by atoms with Crippen molar-refractivity contribution in [3.05, 3.63) is 35.4 Å². The Morgan fingerprint density at radius 3 is 2.69 bits per heavy atom. The van der Waals surface area contributed by atoms with Crippen LogP contribution in [-0.2, 0) is 4.79 Å². The number of aryl methyl sites for hydroxylation is 1. The number of rotatable bonds is 2. The fraction of sp³-hybridized carbons (Fsp3) is 0.364. The lowest BCUT2D eigenvalue weighted by molar-refractivity contribution is -0.138. The maximum atomic E-state index is 10.7. The van der Waals surface area contributed by atoms with Crippen molar-refractivity contribution in [3.63, 3.8) is 0 Å². The monoisotopic (exact) mass is 176 g/mol. The predicted octanol–water partition coefficient (Wildman–Crippen LogP) is 2.18. The zero-order valence-corrected chi connectivity index (χ0v) is 7.53. The Bertz CT molecular complexity index is 344. The van der Waals surface area contributed by atoms with E-state index >= 15 is 0 Å². The van der Waals surface area contributed by atoms with Gasteiger partial charge in [-0.05, 0) is 30.4 Å². The van der Waals surface area contributed by atoms with Gasteiger partial charge in [-0.1, -0.05) is 24.3 Å². The van der Waals surface area contributed by atoms with Gasteiger partial charge >= 0.3 is 5.97 Å². The fourth-order valence-corrected chi connectivity index (χ4v) is 1.81. The number of carboxylic acid groups (broad SMARTS) is 1. The summed E-state index contributed by atoms with van der Waals surface area (Å²) in [7, 11) is 0. The van der Waals surface area contributed by atoms with Crippen molar-refractivity contribution in [2.45, 2.75) is 19.3 Å². The molecule has 2 nitrogen and oxygen atoms in total. The van der Waals surface area contributed by atoms with Gasteiger partial charge in [-0.2, -0.15) is 0 Å². The second-order valence-electron chi connectivity index (χ2n) is 3.64. The maximum absolute atomic E-state index is 10.7. The van der Waals surface area contributed by atoms with Crippen LogP contribution in [0, 0.1) is 12.8 Å². The number of carbonyl (C=O) groups is 1. The highest BCUT2D eigenvalue weighted by atomic mass is 16.4. The first-order valence-electron chi connectivity index (χ1n) is 4.48. The summed E-state index contributed by atoms with van der Waals surface area (Å²) in [6, 6.07) is 8.02. The van der Waals surface area contributed by atoms with Gasteiger partial charge in [0, 0.05) is 0 Å². The fourth-order valence-electron chi connectivity index (χ4n) is 1.81. The number of carboxylic acids is 1. The molecule has 1 N–H and O–H groups in total. The van der Waals surface area contributed by atoms with E-state index in [0.29, 0.717) is 0 Å². The third-order valence-electron chi connectivity index (χ3n) is 2.70. The van der Waals surface area contributed by atoms with Crippen LogP contribution in [0.2, 0.25) is 0 Å². The van der Waals surface area contributed by atoms with E-state index in [1.165, 1.54) is 11.1 Å². The summed E-state index contributed by atoms with van der Waals surface area (Å²) in [6.45, 7) is 2.03. The summed E-state index contributed by atoms with van der Waals surface area (Å²) in [6.07, 6.45) is 0.806. The number of hydrogen-bond acceptors (Lipinski definition) is 1. The molecule has 2 heteroatoms. The van der Waals surface area contributed by atoms with Crippen LogP contribution in [0.4, 0.5) is 0 Å². The molecule has 2 rings (SSSR count). The normalized spacial score (nSPS) is 25.6. The average molecular weight is 176 g/mol. The Kier molecular flexibility index (Phi) is 1.83. The molecule has 1 aliphatic rings. The Labute approximate surface area is 77.2 Å². The molecular weight excluding hydrogens is 164 g/mol. The highest BCUT2D eigenvalue weighted by Gasteiger charge is 2.44. The smallest absolute Gasteiger partial charge is 0.307 e. The molecule has 0 radical (unpaired) electrons. The average Bonchev–Trinajstić information content (AvgIpc) is 2.84. The van der Waals surface area contributed by atoms with Crippen molar-refractivity contribution in [2.24, 2.45) is 5.92 Å². The van der Waals surface area contributed by atoms with Crippen molar-refractivity contribution in [1.29, 1.82) is 0 Å². The number of aliphatic carboxylic acids is 1. The maximum Gasteiger partial charge on any atom is 0.307 e. The minimum Gasteiger partial charge on any atom is -0.481 e. The lowest BCUT2D eigenvalue weighted by atomic mass is 10.0. The largest absolute Gasteiger partial charge is 0.481 e. The van der Waals surface area contributed by atoms with Gasteiger partial charge in [0.05, 0.1) is 5.92 Å². The van der Waals surface area contributed by atoms with E-state index in [-0.39, 0.29) is 11.8 Å². The highest BCUT2D eigenvalue weighted by molar-refractivity contribution is 5.75. The molecule has 0 saturated heterocycles. The Hall–Kier alpha value is -1.31. The van der Waals surface area contributed by atoms with E-state index in [1.54, 1.807) is 0 Å². The van der Waals surface area contributed by atoms with Crippen molar-refractivity contribution in [3.8, 4) is 0 Å². The van der Waals surface area contributed by atoms with E-state index in [2.05, 4.69) is 0 Å². The van der Waals surface area contributed by atoms with Gasteiger partial charge in [-0.15, -0.1) is 0 Å². The van der Waals surface area contributed by atoms with E-state index in [0.717, 1.165) is 6.42 Å². The first-order chi connectivity index (χ1) is 6.20. The molecule has 0 aliphatic heterocycles. The van der Waals surface area contributed by atoms with Gasteiger partial charge < -0.3 is 5.11 Å². The highest BCUT2D eigenvalue weighted by Crippen LogP contribution is 2.48. The topological polar surface area (TPSA) is 37.3 Å². The van der Waals surface area contributed by atoms with Gasteiger partial charge in [0.1, 0.15) is 0 Å². The van der Waals surface area contributed by atoms with Crippen LogP contribution >= 0.6 is 0 Å². The number of benzene rings is 1. The Morgan fingerprint density at radius 2 is 2.15 bits per heavy atom. The molecule has 1 aromatic carbocycles. The standard InChI is InChI=1S/C11H12O2/c1-7-4-2-3-5-8(7)9-6-10(9)11(12)13/h2-5,9-10H,6H2,1H3,(H,12,13)/t9-,10-/m0/s1. The molecular formula is C11H12O2. The zero-order chi connectivity index (χ0) is 9.42. The quantitative estimate of drug-likeness (QED) is 0.749. The van der Waals surface area contributed by atoms with Gasteiger partial charge in [0.2, 0.25) is 0 Å². The molecule has 0 spiro atoms. The molecule has 0 aromatic heterocycles. The summed E-state index contributed by atoms with van der Waals surface area (Å²) in [4.78, 5) is 10.7. The van der Waals surface area contributed by atoms with Crippen LogP contribution in [0.3, 0.4) is 0 Å². The third kappa shape index (κ3) is 1.44. The minimum atomic E-state index is -0.659. The molecule has 1 aliphatic carbocycles. The van der Waals surface area contributed by atoms with Crippen molar-refractivity contribution in [1.82, 2.24) is 0 Å². The van der Waals surface area contributed by atoms with Gasteiger partial charge in [-0.25, -0.2) is 0 Å². The predicted molar refractivity (Wildman–Crippen MR) is 49.7 cm³/mol. The van der Waals surface area contributed by atoms with Crippen LogP contribution < -0.4 is 0 Å². The summed E-state index contributed by atoms with van der Waals surface area (Å²) in [5.41, 5.74) is 2.41. The van der Waals surface area contributed by atoms with Gasteiger partial charge in [0.15, 0.2) is 0 Å². The van der Waals surface area contributed by atoms with E-state index in [4.69, 9.17) is 5.11 Å². The molecule has 13 heavy (non-hydrogen) atoms. The van der Waals surface area contributed by atoms with Crippen LogP contribution in [0.5, 0.6) is 0 Å². The van der Waals surface area contributed by atoms with Crippen molar-refractivity contribution < 1.29 is 9.90 Å². The van der Waals surface area contributed by atoms with Crippen LogP contribution in [0.15, 0.2) is 24.3 Å². The van der Waals surface area contributed by atoms with Crippen molar-refractivity contribution >= 4 is 5.97 Å². The minimum absolute atomic E-state index is 0.138. The van der Waals surface area contributed by atoms with Crippen LogP contribution in [0.1, 0.15) is 23.5 Å². The molecule has 68 valence electrons. The second kappa shape index (κ2) is 2.87. The molecule has 0 amide bonds. The first kappa shape index (κ1) is 8.30. The summed E-state index contributed by atoms with van der Waals surface area (Å²) < 4.78 is 0. The van der Waals surface area contributed by atoms with E-state index < -0.39 is 5.97 Å². The zero-order valence-electron chi connectivity index (χ0n) is 7.53. The molecule has 1 fully saturated rings. The summed E-state index contributed by atoms with van der Waals surface area (Å²) >= 11 is 0. The van der Waals surface area contributed by atoms with Gasteiger partial charge in [-0.3, -0.25) is 4.79 Å². The second-order valence-corrected chi connectivity index (χ2v) is 3.64. The molecule has 0 unspecified atom stereocenters. The van der Waals surface area contributed by atoms with E-state index in [1.807, 2.05) is 31.2 Å². The summed E-state index contributed by atoms with van der Waals surface area (Å²) in [5, 5.41) is 8.78. The lowest BCUT2D eigenvalue weighted by Gasteiger charge is -2.02. The van der Waals surface area contributed by atoms with Crippen LogP contribution in [-0.4, -0.2) is 11.1 Å². The summed E-state index contributed by atoms with van der Waals surface area (Å²) in [5.74, 6) is -0.534. The first-order valence-corrected chi connectivity index (χ1v) is 4.48. The third-order valence-corrected chi connectivity index (χ3v) is 2.70. The molecule has 0 bridgehead atoms. The molecule has 2 atom stereocenters. The Morgan fingerprint density at radius 1 is 1.46 bits per heavy atom.